The van der Waals surface area contributed by atoms with Gasteiger partial charge in [0.2, 0.25) is 5.89 Å². The lowest BCUT2D eigenvalue weighted by Gasteiger charge is -2.18. The van der Waals surface area contributed by atoms with Crippen molar-refractivity contribution in [3.8, 4) is 0 Å². The van der Waals surface area contributed by atoms with Crippen LogP contribution in [0.15, 0.2) is 22.7 Å². The zero-order valence-corrected chi connectivity index (χ0v) is 13.0. The Morgan fingerprint density at radius 3 is 2.75 bits per heavy atom. The first kappa shape index (κ1) is 15.3. The average molecular weight is 314 g/mol. The molecule has 108 valence electrons. The molecule has 4 nitrogen and oxygen atoms in total. The van der Waals surface area contributed by atoms with Gasteiger partial charge in [-0.2, -0.15) is 4.98 Å². The summed E-state index contributed by atoms with van der Waals surface area (Å²) in [7, 11) is 0. The van der Waals surface area contributed by atoms with Gasteiger partial charge >= 0.3 is 0 Å². The molecule has 0 spiro atoms. The number of halogens is 2. The van der Waals surface area contributed by atoms with Gasteiger partial charge in [0.15, 0.2) is 5.82 Å². The summed E-state index contributed by atoms with van der Waals surface area (Å²) in [5.74, 6) is 1.02. The summed E-state index contributed by atoms with van der Waals surface area (Å²) in [6, 6.07) is 5.34. The van der Waals surface area contributed by atoms with E-state index in [0.717, 1.165) is 18.4 Å². The SMILES string of the molecule is CCCC(C)(N)c1nc(Cc2ccc(Cl)cc2Cl)no1. The van der Waals surface area contributed by atoms with Crippen LogP contribution in [0.4, 0.5) is 0 Å². The van der Waals surface area contributed by atoms with Gasteiger partial charge in [-0.3, -0.25) is 0 Å². The van der Waals surface area contributed by atoms with Crippen molar-refractivity contribution in [1.29, 1.82) is 0 Å². The van der Waals surface area contributed by atoms with Crippen LogP contribution in [0, 0.1) is 0 Å². The zero-order chi connectivity index (χ0) is 14.8. The van der Waals surface area contributed by atoms with E-state index in [2.05, 4.69) is 17.1 Å². The van der Waals surface area contributed by atoms with E-state index < -0.39 is 5.54 Å². The highest BCUT2D eigenvalue weighted by atomic mass is 35.5. The fraction of sp³-hybridized carbons (Fsp3) is 0.429. The van der Waals surface area contributed by atoms with Gasteiger partial charge in [0.05, 0.1) is 5.54 Å². The summed E-state index contributed by atoms with van der Waals surface area (Å²) in [5.41, 5.74) is 6.47. The van der Waals surface area contributed by atoms with Crippen molar-refractivity contribution in [3.05, 3.63) is 45.5 Å². The summed E-state index contributed by atoms with van der Waals surface area (Å²) in [4.78, 5) is 4.36. The molecule has 1 atom stereocenters. The number of benzene rings is 1. The van der Waals surface area contributed by atoms with Gasteiger partial charge in [-0.25, -0.2) is 0 Å². The Morgan fingerprint density at radius 1 is 1.35 bits per heavy atom. The Labute approximate surface area is 128 Å². The minimum Gasteiger partial charge on any atom is -0.337 e. The molecule has 0 fully saturated rings. The van der Waals surface area contributed by atoms with Crippen LogP contribution in [0.5, 0.6) is 0 Å². The second-order valence-electron chi connectivity index (χ2n) is 5.10. The van der Waals surface area contributed by atoms with E-state index in [1.54, 1.807) is 12.1 Å². The molecule has 1 aromatic heterocycles. The van der Waals surface area contributed by atoms with E-state index in [1.807, 2.05) is 13.0 Å². The predicted molar refractivity (Wildman–Crippen MR) is 80.0 cm³/mol. The lowest BCUT2D eigenvalue weighted by molar-refractivity contribution is 0.282. The van der Waals surface area contributed by atoms with Crippen LogP contribution in [0.3, 0.4) is 0 Å². The molecule has 1 unspecified atom stereocenters. The lowest BCUT2D eigenvalue weighted by atomic mass is 9.98. The maximum absolute atomic E-state index is 6.17. The fourth-order valence-corrected chi connectivity index (χ4v) is 2.49. The van der Waals surface area contributed by atoms with Gasteiger partial charge in [-0.1, -0.05) is 47.8 Å². The Morgan fingerprint density at radius 2 is 2.10 bits per heavy atom. The van der Waals surface area contributed by atoms with E-state index in [1.165, 1.54) is 0 Å². The molecule has 6 heteroatoms. The summed E-state index contributed by atoms with van der Waals surface area (Å²) in [5, 5.41) is 5.16. The van der Waals surface area contributed by atoms with Crippen molar-refractivity contribution in [2.75, 3.05) is 0 Å². The fourth-order valence-electron chi connectivity index (χ4n) is 2.02. The molecule has 0 aliphatic carbocycles. The van der Waals surface area contributed by atoms with Gasteiger partial charge < -0.3 is 10.3 Å². The van der Waals surface area contributed by atoms with Gasteiger partial charge in [0, 0.05) is 16.5 Å². The number of hydrogen-bond donors (Lipinski definition) is 1. The molecule has 0 aliphatic rings. The number of nitrogens with two attached hydrogens (primary N) is 1. The molecule has 0 saturated carbocycles. The maximum atomic E-state index is 6.17. The third kappa shape index (κ3) is 3.51. The largest absolute Gasteiger partial charge is 0.337 e. The second kappa shape index (κ2) is 6.12. The van der Waals surface area contributed by atoms with Gasteiger partial charge in [0.25, 0.3) is 0 Å². The van der Waals surface area contributed by atoms with Crippen LogP contribution in [-0.4, -0.2) is 10.1 Å². The molecule has 0 saturated heterocycles. The number of nitrogens with zero attached hydrogens (tertiary/aromatic N) is 2. The highest BCUT2D eigenvalue weighted by molar-refractivity contribution is 6.35. The molecule has 2 rings (SSSR count). The Hall–Kier alpha value is -1.10. The average Bonchev–Trinajstić information content (AvgIpc) is 2.82. The quantitative estimate of drug-likeness (QED) is 0.908. The van der Waals surface area contributed by atoms with Gasteiger partial charge in [-0.05, 0) is 31.0 Å². The summed E-state index contributed by atoms with van der Waals surface area (Å²) < 4.78 is 5.26. The summed E-state index contributed by atoms with van der Waals surface area (Å²) in [6.07, 6.45) is 2.23. The molecule has 0 amide bonds. The number of hydrogen-bond acceptors (Lipinski definition) is 4. The van der Waals surface area contributed by atoms with Crippen LogP contribution in [-0.2, 0) is 12.0 Å². The van der Waals surface area contributed by atoms with Crippen molar-refractivity contribution in [2.45, 2.75) is 38.6 Å². The van der Waals surface area contributed by atoms with Crippen molar-refractivity contribution in [1.82, 2.24) is 10.1 Å². The van der Waals surface area contributed by atoms with E-state index in [9.17, 15) is 0 Å². The highest BCUT2D eigenvalue weighted by Gasteiger charge is 2.27. The van der Waals surface area contributed by atoms with Gasteiger partial charge in [0.1, 0.15) is 0 Å². The summed E-state index contributed by atoms with van der Waals surface area (Å²) in [6.45, 7) is 3.96. The minimum absolute atomic E-state index is 0.458. The summed E-state index contributed by atoms with van der Waals surface area (Å²) >= 11 is 12.0. The molecular formula is C14H17Cl2N3O. The van der Waals surface area contributed by atoms with Crippen molar-refractivity contribution < 1.29 is 4.52 Å². The van der Waals surface area contributed by atoms with Crippen LogP contribution < -0.4 is 5.73 Å². The Bertz CT molecular complexity index is 596. The molecule has 20 heavy (non-hydrogen) atoms. The first-order valence-electron chi connectivity index (χ1n) is 6.48. The van der Waals surface area contributed by atoms with Gasteiger partial charge in [-0.15, -0.1) is 0 Å². The monoisotopic (exact) mass is 313 g/mol. The molecule has 1 aromatic carbocycles. The maximum Gasteiger partial charge on any atom is 0.246 e. The van der Waals surface area contributed by atoms with Crippen molar-refractivity contribution in [2.24, 2.45) is 5.73 Å². The first-order chi connectivity index (χ1) is 9.42. The molecular weight excluding hydrogens is 297 g/mol. The smallest absolute Gasteiger partial charge is 0.246 e. The Kier molecular flexibility index (Phi) is 4.68. The van der Waals surface area contributed by atoms with Crippen LogP contribution >= 0.6 is 23.2 Å². The number of rotatable bonds is 5. The number of aromatic nitrogens is 2. The third-order valence-corrected chi connectivity index (χ3v) is 3.68. The minimum atomic E-state index is -0.593. The molecule has 2 aromatic rings. The second-order valence-corrected chi connectivity index (χ2v) is 5.94. The van der Waals surface area contributed by atoms with E-state index >= 15 is 0 Å². The molecule has 2 N–H and O–H groups in total. The van der Waals surface area contributed by atoms with Crippen molar-refractivity contribution in [3.63, 3.8) is 0 Å². The van der Waals surface area contributed by atoms with E-state index in [4.69, 9.17) is 33.5 Å². The molecule has 0 bridgehead atoms. The van der Waals surface area contributed by atoms with Crippen LogP contribution in [0.25, 0.3) is 0 Å². The van der Waals surface area contributed by atoms with Crippen molar-refractivity contribution >= 4 is 23.2 Å². The normalized spacial score (nSPS) is 14.2. The molecule has 1 heterocycles. The molecule has 0 aliphatic heterocycles. The van der Waals surface area contributed by atoms with Crippen LogP contribution in [0.1, 0.15) is 44.0 Å². The zero-order valence-electron chi connectivity index (χ0n) is 11.5. The highest BCUT2D eigenvalue weighted by Crippen LogP contribution is 2.25. The topological polar surface area (TPSA) is 64.9 Å². The lowest BCUT2D eigenvalue weighted by Crippen LogP contribution is -2.33. The first-order valence-corrected chi connectivity index (χ1v) is 7.24. The van der Waals surface area contributed by atoms with E-state index in [0.29, 0.717) is 28.2 Å². The van der Waals surface area contributed by atoms with Crippen LogP contribution in [0.2, 0.25) is 10.0 Å². The standard InChI is InChI=1S/C14H17Cl2N3O/c1-3-6-14(2,17)13-18-12(19-20-13)7-9-4-5-10(15)8-11(9)16/h4-5,8H,3,6-7,17H2,1-2H3. The Balaban J connectivity index is 2.17. The van der Waals surface area contributed by atoms with E-state index in [-0.39, 0.29) is 0 Å². The predicted octanol–water partition coefficient (Wildman–Crippen LogP) is 3.94. The molecule has 0 radical (unpaired) electrons. The third-order valence-electron chi connectivity index (χ3n) is 3.09.